The SMILES string of the molecule is C[C@]12C[C@H](O)CC1CC[C@@H]1C2CC[C@@]2(C)C1CC[C@@H]2[C-]=O.[CH3-].[CH3-].[Mo+3]. The summed E-state index contributed by atoms with van der Waals surface area (Å²) in [4.78, 5) is 11.4. The van der Waals surface area contributed by atoms with Crippen molar-refractivity contribution in [1.29, 1.82) is 0 Å². The van der Waals surface area contributed by atoms with Crippen LogP contribution in [0.5, 0.6) is 0 Å². The normalized spacial score (nSPS) is 51.8. The molecule has 4 saturated carbocycles. The van der Waals surface area contributed by atoms with Gasteiger partial charge in [-0.1, -0.05) is 32.1 Å². The predicted molar refractivity (Wildman–Crippen MR) is 95.1 cm³/mol. The van der Waals surface area contributed by atoms with Crippen LogP contribution >= 0.6 is 0 Å². The Labute approximate surface area is 163 Å². The van der Waals surface area contributed by atoms with Gasteiger partial charge in [0.1, 0.15) is 0 Å². The molecule has 4 rings (SSSR count). The summed E-state index contributed by atoms with van der Waals surface area (Å²) in [5.74, 6) is 3.25. The Balaban J connectivity index is 0.000000960. The van der Waals surface area contributed by atoms with Crippen LogP contribution < -0.4 is 0 Å². The minimum Gasteiger partial charge on any atom is -0.541 e. The van der Waals surface area contributed by atoms with Crippen molar-refractivity contribution in [2.75, 3.05) is 0 Å². The van der Waals surface area contributed by atoms with Gasteiger partial charge in [0.15, 0.2) is 0 Å². The average molecular weight is 415 g/mol. The van der Waals surface area contributed by atoms with Crippen LogP contribution in [0.2, 0.25) is 0 Å². The Morgan fingerprint density at radius 3 is 2.29 bits per heavy atom. The topological polar surface area (TPSA) is 37.3 Å². The largest absolute Gasteiger partial charge is 3.00 e. The van der Waals surface area contributed by atoms with Crippen molar-refractivity contribution in [1.82, 2.24) is 0 Å². The minimum atomic E-state index is -0.0632. The summed E-state index contributed by atoms with van der Waals surface area (Å²) >= 11 is 0. The molecule has 0 heterocycles. The van der Waals surface area contributed by atoms with E-state index in [1.165, 1.54) is 32.1 Å². The number of carbonyl (C=O) groups excluding carboxylic acids is 1. The van der Waals surface area contributed by atoms with Crippen molar-refractivity contribution >= 4 is 6.29 Å². The fraction of sp³-hybridized carbons (Fsp3) is 0.857. The van der Waals surface area contributed by atoms with Gasteiger partial charge in [-0.25, -0.2) is 0 Å². The van der Waals surface area contributed by atoms with Crippen molar-refractivity contribution in [2.24, 2.45) is 40.4 Å². The molecule has 4 aliphatic carbocycles. The molecule has 4 fully saturated rings. The van der Waals surface area contributed by atoms with Gasteiger partial charge in [0.05, 0.1) is 6.10 Å². The fourth-order valence-corrected chi connectivity index (χ4v) is 7.35. The van der Waals surface area contributed by atoms with Crippen LogP contribution in [0.15, 0.2) is 0 Å². The molecule has 8 atom stereocenters. The Morgan fingerprint density at radius 2 is 1.62 bits per heavy atom. The van der Waals surface area contributed by atoms with Crippen molar-refractivity contribution in [3.05, 3.63) is 14.9 Å². The molecule has 0 aliphatic heterocycles. The molecular formula is C21H35MoO2. The van der Waals surface area contributed by atoms with E-state index in [2.05, 4.69) is 20.1 Å². The first-order valence-corrected chi connectivity index (χ1v) is 9.05. The molecule has 0 aromatic heterocycles. The summed E-state index contributed by atoms with van der Waals surface area (Å²) < 4.78 is 0. The first kappa shape index (κ1) is 22.4. The third-order valence-electron chi connectivity index (χ3n) is 8.44. The van der Waals surface area contributed by atoms with Crippen LogP contribution in [0, 0.1) is 55.3 Å². The maximum absolute atomic E-state index is 11.4. The molecule has 0 saturated heterocycles. The number of aliphatic hydroxyl groups excluding tert-OH is 1. The summed E-state index contributed by atoms with van der Waals surface area (Å²) in [6.07, 6.45) is 11.8. The van der Waals surface area contributed by atoms with Gasteiger partial charge in [0, 0.05) is 0 Å². The predicted octanol–water partition coefficient (Wildman–Crippen LogP) is 4.62. The number of hydrogen-bond donors (Lipinski definition) is 1. The van der Waals surface area contributed by atoms with E-state index in [1.807, 2.05) is 0 Å². The van der Waals surface area contributed by atoms with Gasteiger partial charge in [-0.15, -0.1) is 5.92 Å². The van der Waals surface area contributed by atoms with Gasteiger partial charge in [-0.3, -0.25) is 6.29 Å². The minimum absolute atomic E-state index is 0. The average Bonchev–Trinajstić information content (AvgIpc) is 2.93. The van der Waals surface area contributed by atoms with Crippen LogP contribution in [0.1, 0.15) is 65.2 Å². The van der Waals surface area contributed by atoms with E-state index in [4.69, 9.17) is 0 Å². The molecule has 2 nitrogen and oxygen atoms in total. The first-order chi connectivity index (χ1) is 9.99. The second kappa shape index (κ2) is 7.51. The van der Waals surface area contributed by atoms with Crippen molar-refractivity contribution < 1.29 is 31.0 Å². The molecule has 0 aromatic carbocycles. The monoisotopic (exact) mass is 417 g/mol. The van der Waals surface area contributed by atoms with E-state index in [0.717, 1.165) is 42.9 Å². The summed E-state index contributed by atoms with van der Waals surface area (Å²) in [6, 6.07) is 0. The Hall–Kier alpha value is 0.318. The Morgan fingerprint density at radius 1 is 0.958 bits per heavy atom. The van der Waals surface area contributed by atoms with E-state index in [0.29, 0.717) is 5.41 Å². The zero-order chi connectivity index (χ0) is 14.8. The Kier molecular flexibility index (Phi) is 7.00. The van der Waals surface area contributed by atoms with Gasteiger partial charge >= 0.3 is 21.1 Å². The molecule has 3 heteroatoms. The fourth-order valence-electron chi connectivity index (χ4n) is 7.35. The maximum atomic E-state index is 11.4. The molecule has 24 heavy (non-hydrogen) atoms. The molecular weight excluding hydrogens is 380 g/mol. The van der Waals surface area contributed by atoms with Crippen LogP contribution in [0.4, 0.5) is 0 Å². The number of rotatable bonds is 1. The Bertz CT molecular complexity index is 453. The molecule has 3 unspecified atom stereocenters. The second-order valence-electron chi connectivity index (χ2n) is 9.04. The van der Waals surface area contributed by atoms with E-state index >= 15 is 0 Å². The zero-order valence-electron chi connectivity index (χ0n) is 15.9. The maximum Gasteiger partial charge on any atom is 3.00 e. The van der Waals surface area contributed by atoms with Gasteiger partial charge in [-0.2, -0.15) is 0 Å². The zero-order valence-corrected chi connectivity index (χ0v) is 17.9. The van der Waals surface area contributed by atoms with Gasteiger partial charge in [0.2, 0.25) is 0 Å². The molecule has 1 N–H and O–H groups in total. The van der Waals surface area contributed by atoms with Gasteiger partial charge in [0.25, 0.3) is 0 Å². The second-order valence-corrected chi connectivity index (χ2v) is 9.04. The van der Waals surface area contributed by atoms with E-state index < -0.39 is 0 Å². The third-order valence-corrected chi connectivity index (χ3v) is 8.44. The van der Waals surface area contributed by atoms with Crippen LogP contribution in [0.25, 0.3) is 0 Å². The molecule has 4 aliphatic rings. The number of fused-ring (bicyclic) bond motifs is 5. The van der Waals surface area contributed by atoms with Crippen molar-refractivity contribution in [3.63, 3.8) is 0 Å². The van der Waals surface area contributed by atoms with Crippen LogP contribution in [-0.4, -0.2) is 17.5 Å². The molecule has 0 bridgehead atoms. The smallest absolute Gasteiger partial charge is 0.541 e. The summed E-state index contributed by atoms with van der Waals surface area (Å²) in [7, 11) is 0. The van der Waals surface area contributed by atoms with Crippen LogP contribution in [-0.2, 0) is 25.9 Å². The molecule has 1 radical (unpaired) electrons. The third kappa shape index (κ3) is 2.88. The van der Waals surface area contributed by atoms with E-state index in [9.17, 15) is 9.90 Å². The molecule has 0 aromatic rings. The standard InChI is InChI=1S/C19H29O2.2CH3.Mo/c1-18-8-7-17-15(16(18)6-4-13(18)11-20)5-3-12-9-14(21)10-19(12,17)2;;;/h12-17,21H,3-10H2,1-2H3;2*1H3;/q3*-1;+3/t12?,13-,14-,15+,16?,17?,18-,19+;;;/m1.../s1. The van der Waals surface area contributed by atoms with Crippen molar-refractivity contribution in [3.8, 4) is 0 Å². The van der Waals surface area contributed by atoms with Crippen molar-refractivity contribution in [2.45, 2.75) is 71.3 Å². The molecule has 137 valence electrons. The van der Waals surface area contributed by atoms with E-state index in [1.54, 1.807) is 0 Å². The summed E-state index contributed by atoms with van der Waals surface area (Å²) in [5.41, 5.74) is 0.593. The van der Waals surface area contributed by atoms with Crippen LogP contribution in [0.3, 0.4) is 0 Å². The quantitative estimate of drug-likeness (QED) is 0.501. The number of aliphatic hydroxyl groups is 1. The van der Waals surface area contributed by atoms with Gasteiger partial charge < -0.3 is 24.8 Å². The molecule has 0 amide bonds. The first-order valence-electron chi connectivity index (χ1n) is 9.05. The molecule has 0 spiro atoms. The summed E-state index contributed by atoms with van der Waals surface area (Å²) in [5, 5.41) is 10.2. The van der Waals surface area contributed by atoms with E-state index in [-0.39, 0.29) is 53.4 Å². The van der Waals surface area contributed by atoms with Gasteiger partial charge in [-0.05, 0) is 67.6 Å². The summed E-state index contributed by atoms with van der Waals surface area (Å²) in [6.45, 7) is 4.83. The number of hydrogen-bond acceptors (Lipinski definition) is 2.